The number of nitrogens with two attached hydrogens (primary N) is 1. The SMILES string of the molecule is CCC(N)Cc1ccc(Sc2ccc3c(c2)CCC3)nc1. The maximum Gasteiger partial charge on any atom is 0.101 e. The molecule has 1 heterocycles. The third-order valence-corrected chi connectivity index (χ3v) is 5.05. The molecule has 0 aliphatic heterocycles. The van der Waals surface area contributed by atoms with Crippen molar-refractivity contribution in [3.63, 3.8) is 0 Å². The van der Waals surface area contributed by atoms with Gasteiger partial charge in [-0.15, -0.1) is 0 Å². The summed E-state index contributed by atoms with van der Waals surface area (Å²) in [6.07, 6.45) is 7.65. The summed E-state index contributed by atoms with van der Waals surface area (Å²) in [5.74, 6) is 0. The number of pyridine rings is 1. The molecule has 0 fully saturated rings. The van der Waals surface area contributed by atoms with Gasteiger partial charge in [0.2, 0.25) is 0 Å². The first-order valence-electron chi connectivity index (χ1n) is 7.75. The predicted molar refractivity (Wildman–Crippen MR) is 88.8 cm³/mol. The van der Waals surface area contributed by atoms with Gasteiger partial charge in [-0.3, -0.25) is 0 Å². The lowest BCUT2D eigenvalue weighted by Gasteiger charge is -2.09. The third kappa shape index (κ3) is 3.66. The maximum atomic E-state index is 5.99. The van der Waals surface area contributed by atoms with E-state index in [1.165, 1.54) is 40.8 Å². The van der Waals surface area contributed by atoms with Crippen LogP contribution < -0.4 is 5.73 Å². The molecule has 0 bridgehead atoms. The average Bonchev–Trinajstić information content (AvgIpc) is 2.96. The van der Waals surface area contributed by atoms with Crippen LogP contribution in [-0.4, -0.2) is 11.0 Å². The largest absolute Gasteiger partial charge is 0.327 e. The molecule has 21 heavy (non-hydrogen) atoms. The minimum Gasteiger partial charge on any atom is -0.327 e. The van der Waals surface area contributed by atoms with Gasteiger partial charge in [0, 0.05) is 17.1 Å². The van der Waals surface area contributed by atoms with Crippen molar-refractivity contribution >= 4 is 11.8 Å². The molecule has 0 spiro atoms. The Morgan fingerprint density at radius 2 is 2.05 bits per heavy atom. The Morgan fingerprint density at radius 1 is 1.19 bits per heavy atom. The quantitative estimate of drug-likeness (QED) is 0.906. The lowest BCUT2D eigenvalue weighted by molar-refractivity contribution is 0.644. The molecule has 1 aliphatic rings. The zero-order valence-corrected chi connectivity index (χ0v) is 13.3. The molecule has 1 aliphatic carbocycles. The molecule has 0 saturated carbocycles. The van der Waals surface area contributed by atoms with Crippen LogP contribution in [0.5, 0.6) is 0 Å². The second-order valence-corrected chi connectivity index (χ2v) is 6.86. The van der Waals surface area contributed by atoms with Crippen LogP contribution in [0.25, 0.3) is 0 Å². The summed E-state index contributed by atoms with van der Waals surface area (Å²) in [6, 6.07) is 11.3. The minimum atomic E-state index is 0.238. The van der Waals surface area contributed by atoms with E-state index < -0.39 is 0 Å². The molecular formula is C18H22N2S. The molecule has 110 valence electrons. The van der Waals surface area contributed by atoms with Crippen LogP contribution in [0.2, 0.25) is 0 Å². The van der Waals surface area contributed by atoms with E-state index in [1.54, 1.807) is 11.8 Å². The van der Waals surface area contributed by atoms with Gasteiger partial charge < -0.3 is 5.73 Å². The number of fused-ring (bicyclic) bond motifs is 1. The number of benzene rings is 1. The van der Waals surface area contributed by atoms with Gasteiger partial charge >= 0.3 is 0 Å². The molecule has 3 heteroatoms. The molecular weight excluding hydrogens is 276 g/mol. The van der Waals surface area contributed by atoms with Crippen molar-refractivity contribution < 1.29 is 0 Å². The summed E-state index contributed by atoms with van der Waals surface area (Å²) in [4.78, 5) is 5.86. The van der Waals surface area contributed by atoms with Crippen molar-refractivity contribution in [2.24, 2.45) is 5.73 Å². The highest BCUT2D eigenvalue weighted by atomic mass is 32.2. The lowest BCUT2D eigenvalue weighted by Crippen LogP contribution is -2.21. The first kappa shape index (κ1) is 14.6. The molecule has 0 radical (unpaired) electrons. The summed E-state index contributed by atoms with van der Waals surface area (Å²) < 4.78 is 0. The van der Waals surface area contributed by atoms with Crippen LogP contribution in [0.3, 0.4) is 0 Å². The standard InChI is InChI=1S/C18H22N2S/c1-2-16(19)10-13-6-9-18(20-12-13)21-17-8-7-14-4-3-5-15(14)11-17/h6-9,11-12,16H,2-5,10,19H2,1H3. The Kier molecular flexibility index (Phi) is 4.61. The fourth-order valence-corrected chi connectivity index (χ4v) is 3.59. The van der Waals surface area contributed by atoms with Crippen molar-refractivity contribution in [2.75, 3.05) is 0 Å². The lowest BCUT2D eigenvalue weighted by atomic mass is 10.1. The second-order valence-electron chi connectivity index (χ2n) is 5.76. The van der Waals surface area contributed by atoms with Crippen molar-refractivity contribution in [1.29, 1.82) is 0 Å². The zero-order chi connectivity index (χ0) is 14.7. The average molecular weight is 298 g/mol. The Labute approximate surface area is 131 Å². The summed E-state index contributed by atoms with van der Waals surface area (Å²) >= 11 is 1.74. The number of nitrogens with zero attached hydrogens (tertiary/aromatic N) is 1. The monoisotopic (exact) mass is 298 g/mol. The van der Waals surface area contributed by atoms with Gasteiger partial charge in [-0.2, -0.15) is 0 Å². The van der Waals surface area contributed by atoms with Gasteiger partial charge in [0.15, 0.2) is 0 Å². The van der Waals surface area contributed by atoms with Gasteiger partial charge in [-0.1, -0.05) is 30.8 Å². The normalized spacial score (nSPS) is 15.0. The van der Waals surface area contributed by atoms with Gasteiger partial charge in [0.05, 0.1) is 0 Å². The Morgan fingerprint density at radius 3 is 2.81 bits per heavy atom. The Balaban J connectivity index is 1.67. The zero-order valence-electron chi connectivity index (χ0n) is 12.5. The summed E-state index contributed by atoms with van der Waals surface area (Å²) in [6.45, 7) is 2.12. The van der Waals surface area contributed by atoms with Crippen molar-refractivity contribution in [1.82, 2.24) is 4.98 Å². The van der Waals surface area contributed by atoms with E-state index in [9.17, 15) is 0 Å². The van der Waals surface area contributed by atoms with Gasteiger partial charge in [-0.25, -0.2) is 4.98 Å². The molecule has 1 aromatic carbocycles. The maximum absolute atomic E-state index is 5.99. The van der Waals surface area contributed by atoms with E-state index >= 15 is 0 Å². The minimum absolute atomic E-state index is 0.238. The molecule has 1 unspecified atom stereocenters. The number of aromatic nitrogens is 1. The fourth-order valence-electron chi connectivity index (χ4n) is 2.77. The van der Waals surface area contributed by atoms with E-state index in [4.69, 9.17) is 5.73 Å². The van der Waals surface area contributed by atoms with Crippen molar-refractivity contribution in [3.8, 4) is 0 Å². The Bertz CT molecular complexity index is 607. The number of hydrogen-bond acceptors (Lipinski definition) is 3. The van der Waals surface area contributed by atoms with Crippen LogP contribution >= 0.6 is 11.8 Å². The fraction of sp³-hybridized carbons (Fsp3) is 0.389. The van der Waals surface area contributed by atoms with Crippen molar-refractivity contribution in [2.45, 2.75) is 55.0 Å². The molecule has 2 aromatic rings. The third-order valence-electron chi connectivity index (χ3n) is 4.11. The Hall–Kier alpha value is -1.32. The molecule has 2 nitrogen and oxygen atoms in total. The first-order valence-corrected chi connectivity index (χ1v) is 8.56. The number of aryl methyl sites for hydroxylation is 2. The molecule has 3 rings (SSSR count). The van der Waals surface area contributed by atoms with Crippen LogP contribution in [0.15, 0.2) is 46.5 Å². The van der Waals surface area contributed by atoms with Gasteiger partial charge in [0.1, 0.15) is 5.03 Å². The summed E-state index contributed by atoms with van der Waals surface area (Å²) in [5.41, 5.74) is 10.3. The topological polar surface area (TPSA) is 38.9 Å². The number of hydrogen-bond donors (Lipinski definition) is 1. The summed E-state index contributed by atoms with van der Waals surface area (Å²) in [5, 5.41) is 1.06. The molecule has 0 amide bonds. The van der Waals surface area contributed by atoms with Gasteiger partial charge in [-0.05, 0) is 67.0 Å². The van der Waals surface area contributed by atoms with Crippen LogP contribution in [0, 0.1) is 0 Å². The van der Waals surface area contributed by atoms with Gasteiger partial charge in [0.25, 0.3) is 0 Å². The summed E-state index contributed by atoms with van der Waals surface area (Å²) in [7, 11) is 0. The van der Waals surface area contributed by atoms with E-state index in [0.29, 0.717) is 0 Å². The first-order chi connectivity index (χ1) is 10.2. The van der Waals surface area contributed by atoms with Crippen LogP contribution in [-0.2, 0) is 19.3 Å². The smallest absolute Gasteiger partial charge is 0.101 e. The molecule has 1 atom stereocenters. The highest BCUT2D eigenvalue weighted by molar-refractivity contribution is 7.99. The van der Waals surface area contributed by atoms with E-state index in [1.807, 2.05) is 6.20 Å². The predicted octanol–water partition coefficient (Wildman–Crippen LogP) is 4.00. The van der Waals surface area contributed by atoms with E-state index in [0.717, 1.165) is 17.9 Å². The molecule has 1 aromatic heterocycles. The van der Waals surface area contributed by atoms with E-state index in [-0.39, 0.29) is 6.04 Å². The van der Waals surface area contributed by atoms with Crippen LogP contribution in [0.4, 0.5) is 0 Å². The highest BCUT2D eigenvalue weighted by Crippen LogP contribution is 2.31. The number of rotatable bonds is 5. The van der Waals surface area contributed by atoms with Crippen molar-refractivity contribution in [3.05, 3.63) is 53.2 Å². The van der Waals surface area contributed by atoms with Crippen LogP contribution in [0.1, 0.15) is 36.5 Å². The van der Waals surface area contributed by atoms with E-state index in [2.05, 4.69) is 42.2 Å². The highest BCUT2D eigenvalue weighted by Gasteiger charge is 2.11. The molecule has 2 N–H and O–H groups in total. The second kappa shape index (κ2) is 6.63. The molecule has 0 saturated heterocycles.